The molecule has 0 unspecified atom stereocenters. The van der Waals surface area contributed by atoms with Crippen molar-refractivity contribution in [3.05, 3.63) is 23.0 Å². The SMILES string of the molecule is O=C(NCC1(O)CCCC1)c1ccc(Cl)nn1. The van der Waals surface area contributed by atoms with E-state index in [4.69, 9.17) is 11.6 Å². The molecule has 92 valence electrons. The number of hydrogen-bond acceptors (Lipinski definition) is 4. The molecule has 1 fully saturated rings. The largest absolute Gasteiger partial charge is 0.388 e. The fraction of sp³-hybridized carbons (Fsp3) is 0.545. The van der Waals surface area contributed by atoms with Crippen molar-refractivity contribution in [1.82, 2.24) is 15.5 Å². The van der Waals surface area contributed by atoms with Crippen LogP contribution in [-0.2, 0) is 0 Å². The summed E-state index contributed by atoms with van der Waals surface area (Å²) in [4.78, 5) is 11.7. The van der Waals surface area contributed by atoms with E-state index in [9.17, 15) is 9.90 Å². The maximum Gasteiger partial charge on any atom is 0.271 e. The molecular weight excluding hydrogens is 242 g/mol. The Bertz CT molecular complexity index is 402. The van der Waals surface area contributed by atoms with Gasteiger partial charge in [-0.3, -0.25) is 4.79 Å². The van der Waals surface area contributed by atoms with Crippen molar-refractivity contribution in [2.24, 2.45) is 0 Å². The molecule has 5 nitrogen and oxygen atoms in total. The Kier molecular flexibility index (Phi) is 3.59. The Hall–Kier alpha value is -1.20. The van der Waals surface area contributed by atoms with Gasteiger partial charge in [0.1, 0.15) is 0 Å². The van der Waals surface area contributed by atoms with E-state index in [0.29, 0.717) is 0 Å². The standard InChI is InChI=1S/C11H14ClN3O2/c12-9-4-3-8(14-15-9)10(16)13-7-11(17)5-1-2-6-11/h3-4,17H,1-2,5-7H2,(H,13,16). The molecule has 1 aromatic heterocycles. The van der Waals surface area contributed by atoms with Gasteiger partial charge in [0.15, 0.2) is 10.8 Å². The molecular formula is C11H14ClN3O2. The van der Waals surface area contributed by atoms with Crippen LogP contribution in [0.3, 0.4) is 0 Å². The van der Waals surface area contributed by atoms with Crippen molar-refractivity contribution in [3.63, 3.8) is 0 Å². The zero-order valence-electron chi connectivity index (χ0n) is 9.32. The van der Waals surface area contributed by atoms with Crippen LogP contribution in [0.4, 0.5) is 0 Å². The Morgan fingerprint density at radius 1 is 1.41 bits per heavy atom. The van der Waals surface area contributed by atoms with Crippen LogP contribution in [0, 0.1) is 0 Å². The summed E-state index contributed by atoms with van der Waals surface area (Å²) in [5.74, 6) is -0.338. The van der Waals surface area contributed by atoms with Crippen molar-refractivity contribution in [2.75, 3.05) is 6.54 Å². The average Bonchev–Trinajstić information content (AvgIpc) is 2.75. The zero-order valence-corrected chi connectivity index (χ0v) is 10.1. The van der Waals surface area contributed by atoms with Gasteiger partial charge in [-0.2, -0.15) is 0 Å². The first-order chi connectivity index (χ1) is 8.09. The molecule has 0 aromatic carbocycles. The van der Waals surface area contributed by atoms with Crippen molar-refractivity contribution >= 4 is 17.5 Å². The number of carbonyl (C=O) groups is 1. The minimum absolute atomic E-state index is 0.205. The molecule has 6 heteroatoms. The van der Waals surface area contributed by atoms with E-state index in [1.807, 2.05) is 0 Å². The number of aromatic nitrogens is 2. The number of carbonyl (C=O) groups excluding carboxylic acids is 1. The number of nitrogens with one attached hydrogen (secondary N) is 1. The maximum atomic E-state index is 11.7. The lowest BCUT2D eigenvalue weighted by Gasteiger charge is -2.22. The third-order valence-corrected chi connectivity index (χ3v) is 3.18. The Morgan fingerprint density at radius 3 is 2.71 bits per heavy atom. The van der Waals surface area contributed by atoms with E-state index in [-0.39, 0.29) is 23.3 Å². The van der Waals surface area contributed by atoms with Crippen LogP contribution >= 0.6 is 11.6 Å². The van der Waals surface area contributed by atoms with Gasteiger partial charge < -0.3 is 10.4 Å². The number of amides is 1. The van der Waals surface area contributed by atoms with Crippen molar-refractivity contribution < 1.29 is 9.90 Å². The van der Waals surface area contributed by atoms with Crippen LogP contribution in [0.1, 0.15) is 36.2 Å². The molecule has 2 rings (SSSR count). The molecule has 0 saturated heterocycles. The molecule has 1 amide bonds. The van der Waals surface area contributed by atoms with Gasteiger partial charge in [-0.05, 0) is 25.0 Å². The average molecular weight is 256 g/mol. The summed E-state index contributed by atoms with van der Waals surface area (Å²) in [6.07, 6.45) is 3.49. The van der Waals surface area contributed by atoms with Gasteiger partial charge in [0, 0.05) is 6.54 Å². The third kappa shape index (κ3) is 3.14. The van der Waals surface area contributed by atoms with E-state index in [1.165, 1.54) is 12.1 Å². The lowest BCUT2D eigenvalue weighted by molar-refractivity contribution is 0.0448. The number of aliphatic hydroxyl groups is 1. The Morgan fingerprint density at radius 2 is 2.12 bits per heavy atom. The summed E-state index contributed by atoms with van der Waals surface area (Å²) in [6.45, 7) is 0.260. The van der Waals surface area contributed by atoms with Crippen LogP contribution in [0.5, 0.6) is 0 Å². The maximum absolute atomic E-state index is 11.7. The summed E-state index contributed by atoms with van der Waals surface area (Å²) in [5, 5.41) is 20.2. The fourth-order valence-corrected chi connectivity index (χ4v) is 2.08. The molecule has 2 N–H and O–H groups in total. The second kappa shape index (κ2) is 4.98. The second-order valence-electron chi connectivity index (χ2n) is 4.36. The zero-order chi connectivity index (χ0) is 12.3. The van der Waals surface area contributed by atoms with E-state index in [1.54, 1.807) is 0 Å². The molecule has 1 aliphatic rings. The topological polar surface area (TPSA) is 75.1 Å². The molecule has 0 bridgehead atoms. The summed E-state index contributed by atoms with van der Waals surface area (Å²) in [7, 11) is 0. The molecule has 0 radical (unpaired) electrons. The van der Waals surface area contributed by atoms with Crippen LogP contribution in [0.15, 0.2) is 12.1 Å². The van der Waals surface area contributed by atoms with Crippen molar-refractivity contribution in [3.8, 4) is 0 Å². The van der Waals surface area contributed by atoms with Gasteiger partial charge in [-0.15, -0.1) is 10.2 Å². The van der Waals surface area contributed by atoms with Crippen LogP contribution in [0.2, 0.25) is 5.15 Å². The number of rotatable bonds is 3. The predicted molar refractivity (Wildman–Crippen MR) is 62.8 cm³/mol. The van der Waals surface area contributed by atoms with E-state index in [2.05, 4.69) is 15.5 Å². The van der Waals surface area contributed by atoms with Gasteiger partial charge in [0.05, 0.1) is 5.60 Å². The van der Waals surface area contributed by atoms with Crippen LogP contribution < -0.4 is 5.32 Å². The molecule has 17 heavy (non-hydrogen) atoms. The van der Waals surface area contributed by atoms with Gasteiger partial charge in [0.2, 0.25) is 0 Å². The van der Waals surface area contributed by atoms with Crippen molar-refractivity contribution in [2.45, 2.75) is 31.3 Å². The summed E-state index contributed by atoms with van der Waals surface area (Å²) in [5.41, 5.74) is -0.550. The minimum atomic E-state index is -0.754. The first-order valence-corrected chi connectivity index (χ1v) is 5.97. The summed E-state index contributed by atoms with van der Waals surface area (Å²) in [6, 6.07) is 3.01. The van der Waals surface area contributed by atoms with Gasteiger partial charge >= 0.3 is 0 Å². The van der Waals surface area contributed by atoms with E-state index >= 15 is 0 Å². The van der Waals surface area contributed by atoms with Gasteiger partial charge in [-0.1, -0.05) is 24.4 Å². The monoisotopic (exact) mass is 255 g/mol. The third-order valence-electron chi connectivity index (χ3n) is 2.98. The molecule has 0 atom stereocenters. The van der Waals surface area contributed by atoms with E-state index in [0.717, 1.165) is 25.7 Å². The Balaban J connectivity index is 1.91. The number of nitrogens with zero attached hydrogens (tertiary/aromatic N) is 2. The molecule has 0 spiro atoms. The second-order valence-corrected chi connectivity index (χ2v) is 4.74. The number of hydrogen-bond donors (Lipinski definition) is 2. The molecule has 0 aliphatic heterocycles. The molecule has 1 aromatic rings. The first-order valence-electron chi connectivity index (χ1n) is 5.59. The minimum Gasteiger partial charge on any atom is -0.388 e. The summed E-state index contributed by atoms with van der Waals surface area (Å²) < 4.78 is 0. The lowest BCUT2D eigenvalue weighted by atomic mass is 10.0. The Labute approximate surface area is 104 Å². The highest BCUT2D eigenvalue weighted by Crippen LogP contribution is 2.28. The van der Waals surface area contributed by atoms with Crippen LogP contribution in [0.25, 0.3) is 0 Å². The summed E-state index contributed by atoms with van der Waals surface area (Å²) >= 11 is 5.57. The quantitative estimate of drug-likeness (QED) is 0.850. The van der Waals surface area contributed by atoms with Crippen molar-refractivity contribution in [1.29, 1.82) is 0 Å². The highest BCUT2D eigenvalue weighted by molar-refractivity contribution is 6.29. The molecule has 1 aliphatic carbocycles. The fourth-order valence-electron chi connectivity index (χ4n) is 1.98. The highest BCUT2D eigenvalue weighted by Gasteiger charge is 2.31. The van der Waals surface area contributed by atoms with Gasteiger partial charge in [0.25, 0.3) is 5.91 Å². The molecule has 1 saturated carbocycles. The smallest absolute Gasteiger partial charge is 0.271 e. The number of halogens is 1. The van der Waals surface area contributed by atoms with E-state index < -0.39 is 5.60 Å². The predicted octanol–water partition coefficient (Wildman–Crippen LogP) is 1.16. The lowest BCUT2D eigenvalue weighted by Crippen LogP contribution is -2.41. The normalized spacial score (nSPS) is 18.0. The highest BCUT2D eigenvalue weighted by atomic mass is 35.5. The molecule has 1 heterocycles. The first kappa shape index (κ1) is 12.3. The van der Waals surface area contributed by atoms with Crippen LogP contribution in [-0.4, -0.2) is 33.4 Å². The van der Waals surface area contributed by atoms with Gasteiger partial charge in [-0.25, -0.2) is 0 Å².